The summed E-state index contributed by atoms with van der Waals surface area (Å²) in [5, 5.41) is 3.00. The minimum Gasteiger partial charge on any atom is -0.464 e. The van der Waals surface area contributed by atoms with Crippen LogP contribution in [0.2, 0.25) is 0 Å². The first-order valence-electron chi connectivity index (χ1n) is 5.49. The predicted octanol–water partition coefficient (Wildman–Crippen LogP) is 1.40. The van der Waals surface area contributed by atoms with E-state index in [-0.39, 0.29) is 11.8 Å². The SMILES string of the molecule is CNCC(C)C(=O)N(C)Cc1ccc(C)o1. The van der Waals surface area contributed by atoms with Crippen LogP contribution >= 0.6 is 0 Å². The van der Waals surface area contributed by atoms with Gasteiger partial charge < -0.3 is 14.6 Å². The number of rotatable bonds is 5. The smallest absolute Gasteiger partial charge is 0.226 e. The number of aryl methyl sites for hydroxylation is 1. The highest BCUT2D eigenvalue weighted by Gasteiger charge is 2.17. The quantitative estimate of drug-likeness (QED) is 0.822. The van der Waals surface area contributed by atoms with Crippen molar-refractivity contribution in [3.05, 3.63) is 23.7 Å². The van der Waals surface area contributed by atoms with Crippen LogP contribution in [-0.2, 0) is 11.3 Å². The highest BCUT2D eigenvalue weighted by Crippen LogP contribution is 2.10. The summed E-state index contributed by atoms with van der Waals surface area (Å²) in [5.41, 5.74) is 0. The molecule has 1 unspecified atom stereocenters. The minimum absolute atomic E-state index is 0.00828. The van der Waals surface area contributed by atoms with E-state index in [1.165, 1.54) is 0 Å². The Hall–Kier alpha value is -1.29. The molecule has 1 atom stereocenters. The summed E-state index contributed by atoms with van der Waals surface area (Å²) in [6.07, 6.45) is 0. The number of hydrogen-bond acceptors (Lipinski definition) is 3. The van der Waals surface area contributed by atoms with Gasteiger partial charge in [-0.1, -0.05) is 6.92 Å². The lowest BCUT2D eigenvalue weighted by Gasteiger charge is -2.20. The van der Waals surface area contributed by atoms with Crippen molar-refractivity contribution in [3.63, 3.8) is 0 Å². The van der Waals surface area contributed by atoms with Gasteiger partial charge in [-0.25, -0.2) is 0 Å². The maximum absolute atomic E-state index is 11.9. The second-order valence-electron chi connectivity index (χ2n) is 4.17. The van der Waals surface area contributed by atoms with Crippen molar-refractivity contribution in [3.8, 4) is 0 Å². The summed E-state index contributed by atoms with van der Waals surface area (Å²) in [6.45, 7) is 5.04. The lowest BCUT2D eigenvalue weighted by molar-refractivity contribution is -0.134. The molecule has 0 aliphatic rings. The Morgan fingerprint density at radius 1 is 1.56 bits per heavy atom. The molecule has 0 saturated heterocycles. The molecular weight excluding hydrogens is 204 g/mol. The van der Waals surface area contributed by atoms with Gasteiger partial charge in [-0.3, -0.25) is 4.79 Å². The van der Waals surface area contributed by atoms with E-state index in [1.807, 2.05) is 33.0 Å². The first-order valence-corrected chi connectivity index (χ1v) is 5.49. The van der Waals surface area contributed by atoms with Crippen molar-refractivity contribution >= 4 is 5.91 Å². The van der Waals surface area contributed by atoms with Crippen molar-refractivity contribution in [2.45, 2.75) is 20.4 Å². The second-order valence-corrected chi connectivity index (χ2v) is 4.17. The molecule has 0 aliphatic heterocycles. The Balaban J connectivity index is 2.51. The van der Waals surface area contributed by atoms with Gasteiger partial charge in [0, 0.05) is 19.5 Å². The van der Waals surface area contributed by atoms with E-state index in [1.54, 1.807) is 11.9 Å². The van der Waals surface area contributed by atoms with Crippen molar-refractivity contribution in [2.24, 2.45) is 5.92 Å². The highest BCUT2D eigenvalue weighted by molar-refractivity contribution is 5.78. The molecule has 4 heteroatoms. The van der Waals surface area contributed by atoms with Crippen LogP contribution < -0.4 is 5.32 Å². The fourth-order valence-electron chi connectivity index (χ4n) is 1.65. The normalized spacial score (nSPS) is 12.5. The van der Waals surface area contributed by atoms with Crippen LogP contribution in [0.25, 0.3) is 0 Å². The van der Waals surface area contributed by atoms with Gasteiger partial charge in [0.2, 0.25) is 5.91 Å². The standard InChI is InChI=1S/C12H20N2O2/c1-9(7-13-3)12(15)14(4)8-11-6-5-10(2)16-11/h5-6,9,13H,7-8H2,1-4H3. The van der Waals surface area contributed by atoms with E-state index in [0.29, 0.717) is 13.1 Å². The molecule has 0 saturated carbocycles. The first-order chi connectivity index (χ1) is 7.54. The molecule has 16 heavy (non-hydrogen) atoms. The van der Waals surface area contributed by atoms with Gasteiger partial charge >= 0.3 is 0 Å². The average molecular weight is 224 g/mol. The molecule has 1 aromatic heterocycles. The predicted molar refractivity (Wildman–Crippen MR) is 63.0 cm³/mol. The Morgan fingerprint density at radius 2 is 2.25 bits per heavy atom. The molecule has 0 radical (unpaired) electrons. The van der Waals surface area contributed by atoms with Crippen LogP contribution in [0.15, 0.2) is 16.5 Å². The van der Waals surface area contributed by atoms with Gasteiger partial charge in [-0.2, -0.15) is 0 Å². The van der Waals surface area contributed by atoms with Gasteiger partial charge in [0.05, 0.1) is 6.54 Å². The summed E-state index contributed by atoms with van der Waals surface area (Å²) in [4.78, 5) is 13.6. The molecular formula is C12H20N2O2. The van der Waals surface area contributed by atoms with Crippen LogP contribution in [0.5, 0.6) is 0 Å². The monoisotopic (exact) mass is 224 g/mol. The fraction of sp³-hybridized carbons (Fsp3) is 0.583. The third-order valence-corrected chi connectivity index (χ3v) is 2.50. The molecule has 0 bridgehead atoms. The minimum atomic E-state index is -0.00828. The van der Waals surface area contributed by atoms with Crippen molar-refractivity contribution in [1.29, 1.82) is 0 Å². The zero-order chi connectivity index (χ0) is 12.1. The van der Waals surface area contributed by atoms with Crippen LogP contribution in [0.4, 0.5) is 0 Å². The third-order valence-electron chi connectivity index (χ3n) is 2.50. The largest absolute Gasteiger partial charge is 0.464 e. The van der Waals surface area contributed by atoms with E-state index >= 15 is 0 Å². The number of nitrogens with zero attached hydrogens (tertiary/aromatic N) is 1. The fourth-order valence-corrected chi connectivity index (χ4v) is 1.65. The maximum Gasteiger partial charge on any atom is 0.226 e. The van der Waals surface area contributed by atoms with E-state index in [2.05, 4.69) is 5.32 Å². The average Bonchev–Trinajstić information content (AvgIpc) is 2.63. The van der Waals surface area contributed by atoms with Gasteiger partial charge in [0.15, 0.2) is 0 Å². The molecule has 0 aromatic carbocycles. The summed E-state index contributed by atoms with van der Waals surface area (Å²) >= 11 is 0. The van der Waals surface area contributed by atoms with E-state index in [4.69, 9.17) is 4.42 Å². The Kier molecular flexibility index (Phi) is 4.55. The summed E-state index contributed by atoms with van der Waals surface area (Å²) in [6, 6.07) is 3.81. The van der Waals surface area contributed by atoms with Crippen LogP contribution in [0.3, 0.4) is 0 Å². The number of amides is 1. The maximum atomic E-state index is 11.9. The summed E-state index contributed by atoms with van der Waals surface area (Å²) < 4.78 is 5.43. The van der Waals surface area contributed by atoms with Crippen LogP contribution in [0.1, 0.15) is 18.4 Å². The lowest BCUT2D eigenvalue weighted by atomic mass is 10.1. The molecule has 0 spiro atoms. The first kappa shape index (κ1) is 12.8. The number of nitrogens with one attached hydrogen (secondary N) is 1. The van der Waals surface area contributed by atoms with Crippen LogP contribution in [0, 0.1) is 12.8 Å². The van der Waals surface area contributed by atoms with E-state index < -0.39 is 0 Å². The topological polar surface area (TPSA) is 45.5 Å². The Morgan fingerprint density at radius 3 is 2.75 bits per heavy atom. The van der Waals surface area contributed by atoms with Crippen molar-refractivity contribution in [2.75, 3.05) is 20.6 Å². The lowest BCUT2D eigenvalue weighted by Crippen LogP contribution is -2.35. The molecule has 0 aliphatic carbocycles. The molecule has 0 fully saturated rings. The second kappa shape index (κ2) is 5.70. The molecule has 1 aromatic rings. The zero-order valence-corrected chi connectivity index (χ0v) is 10.4. The number of furan rings is 1. The van der Waals surface area contributed by atoms with Gasteiger partial charge in [0.1, 0.15) is 11.5 Å². The highest BCUT2D eigenvalue weighted by atomic mass is 16.3. The molecule has 4 nitrogen and oxygen atoms in total. The molecule has 1 amide bonds. The van der Waals surface area contributed by atoms with Crippen LogP contribution in [-0.4, -0.2) is 31.4 Å². The van der Waals surface area contributed by atoms with E-state index in [9.17, 15) is 4.79 Å². The number of carbonyl (C=O) groups is 1. The van der Waals surface area contributed by atoms with Gasteiger partial charge in [0.25, 0.3) is 0 Å². The Labute approximate surface area is 96.6 Å². The number of hydrogen-bond donors (Lipinski definition) is 1. The van der Waals surface area contributed by atoms with Gasteiger partial charge in [-0.15, -0.1) is 0 Å². The van der Waals surface area contributed by atoms with E-state index in [0.717, 1.165) is 11.5 Å². The Bertz CT molecular complexity index is 347. The molecule has 90 valence electrons. The third kappa shape index (κ3) is 3.38. The van der Waals surface area contributed by atoms with Crippen molar-refractivity contribution in [1.82, 2.24) is 10.2 Å². The molecule has 1 heterocycles. The molecule has 1 rings (SSSR count). The summed E-state index contributed by atoms with van der Waals surface area (Å²) in [5.74, 6) is 1.82. The summed E-state index contributed by atoms with van der Waals surface area (Å²) in [7, 11) is 3.64. The number of carbonyl (C=O) groups excluding carboxylic acids is 1. The van der Waals surface area contributed by atoms with Gasteiger partial charge in [-0.05, 0) is 26.1 Å². The van der Waals surface area contributed by atoms with Crippen molar-refractivity contribution < 1.29 is 9.21 Å². The zero-order valence-electron chi connectivity index (χ0n) is 10.4. The molecule has 1 N–H and O–H groups in total.